The van der Waals surface area contributed by atoms with Crippen LogP contribution in [0.3, 0.4) is 0 Å². The lowest BCUT2D eigenvalue weighted by Gasteiger charge is -2.26. The van der Waals surface area contributed by atoms with Crippen LogP contribution in [0.4, 0.5) is 5.82 Å². The van der Waals surface area contributed by atoms with Crippen LogP contribution in [0.5, 0.6) is 0 Å². The summed E-state index contributed by atoms with van der Waals surface area (Å²) in [6, 6.07) is 12.3. The molecule has 1 fully saturated rings. The molecule has 2 aromatic rings. The maximum absolute atomic E-state index is 9.67. The molecule has 2 N–H and O–H groups in total. The topological polar surface area (TPSA) is 45.1 Å². The molecule has 100 valence electrons. The van der Waals surface area contributed by atoms with Crippen LogP contribution in [0.2, 0.25) is 0 Å². The fraction of sp³-hybridized carbons (Fsp3) is 0.438. The molecule has 2 atom stereocenters. The van der Waals surface area contributed by atoms with Crippen molar-refractivity contribution in [2.24, 2.45) is 5.92 Å². The van der Waals surface area contributed by atoms with E-state index in [1.165, 1.54) is 11.8 Å². The zero-order chi connectivity index (χ0) is 13.1. The number of nitrogens with one attached hydrogen (secondary N) is 1. The lowest BCUT2D eigenvalue weighted by atomic mass is 9.87. The van der Waals surface area contributed by atoms with E-state index in [4.69, 9.17) is 0 Å². The molecule has 1 saturated carbocycles. The van der Waals surface area contributed by atoms with Gasteiger partial charge in [0.1, 0.15) is 5.82 Å². The number of fused-ring (bicyclic) bond motifs is 1. The Kier molecular flexibility index (Phi) is 3.65. The normalized spacial score (nSPS) is 23.4. The Hall–Kier alpha value is -1.61. The van der Waals surface area contributed by atoms with Gasteiger partial charge in [0.2, 0.25) is 0 Å². The molecule has 3 nitrogen and oxygen atoms in total. The number of anilines is 1. The SMILES string of the molecule is OC1CCCC(CNc2ccc3ccccc3n2)C1. The highest BCUT2D eigenvalue weighted by Gasteiger charge is 2.19. The lowest BCUT2D eigenvalue weighted by Crippen LogP contribution is -2.25. The average Bonchev–Trinajstić information content (AvgIpc) is 2.45. The van der Waals surface area contributed by atoms with Gasteiger partial charge < -0.3 is 10.4 Å². The van der Waals surface area contributed by atoms with Crippen LogP contribution in [-0.4, -0.2) is 22.7 Å². The molecule has 3 heteroatoms. The maximum Gasteiger partial charge on any atom is 0.126 e. The van der Waals surface area contributed by atoms with Crippen molar-refractivity contribution < 1.29 is 5.11 Å². The van der Waals surface area contributed by atoms with Crippen molar-refractivity contribution in [2.75, 3.05) is 11.9 Å². The van der Waals surface area contributed by atoms with E-state index in [9.17, 15) is 5.11 Å². The van der Waals surface area contributed by atoms with Gasteiger partial charge in [-0.25, -0.2) is 4.98 Å². The molecule has 1 aliphatic rings. The van der Waals surface area contributed by atoms with Crippen LogP contribution in [0.15, 0.2) is 36.4 Å². The molecular formula is C16H20N2O. The van der Waals surface area contributed by atoms with Crippen LogP contribution in [-0.2, 0) is 0 Å². The number of pyridine rings is 1. The third-order valence-corrected chi connectivity index (χ3v) is 3.93. The summed E-state index contributed by atoms with van der Waals surface area (Å²) in [5, 5.41) is 14.2. The van der Waals surface area contributed by atoms with E-state index < -0.39 is 0 Å². The van der Waals surface area contributed by atoms with Crippen molar-refractivity contribution in [1.82, 2.24) is 4.98 Å². The van der Waals surface area contributed by atoms with Gasteiger partial charge in [-0.1, -0.05) is 24.6 Å². The Morgan fingerprint density at radius 1 is 1.16 bits per heavy atom. The summed E-state index contributed by atoms with van der Waals surface area (Å²) in [6.45, 7) is 0.905. The molecule has 1 aromatic heterocycles. The molecule has 0 bridgehead atoms. The molecule has 1 heterocycles. The molecule has 0 radical (unpaired) electrons. The minimum Gasteiger partial charge on any atom is -0.393 e. The summed E-state index contributed by atoms with van der Waals surface area (Å²) in [4.78, 5) is 4.61. The van der Waals surface area contributed by atoms with Crippen molar-refractivity contribution in [2.45, 2.75) is 31.8 Å². The zero-order valence-electron chi connectivity index (χ0n) is 11.0. The van der Waals surface area contributed by atoms with Crippen LogP contribution in [0.25, 0.3) is 10.9 Å². The minimum absolute atomic E-state index is 0.106. The van der Waals surface area contributed by atoms with Crippen molar-refractivity contribution >= 4 is 16.7 Å². The van der Waals surface area contributed by atoms with Gasteiger partial charge in [0.25, 0.3) is 0 Å². The van der Waals surface area contributed by atoms with Crippen LogP contribution >= 0.6 is 0 Å². The van der Waals surface area contributed by atoms with Crippen molar-refractivity contribution in [3.05, 3.63) is 36.4 Å². The highest BCUT2D eigenvalue weighted by atomic mass is 16.3. The first-order chi connectivity index (χ1) is 9.31. The monoisotopic (exact) mass is 256 g/mol. The zero-order valence-corrected chi connectivity index (χ0v) is 11.0. The smallest absolute Gasteiger partial charge is 0.126 e. The van der Waals surface area contributed by atoms with E-state index in [1.54, 1.807) is 0 Å². The minimum atomic E-state index is -0.106. The van der Waals surface area contributed by atoms with E-state index in [0.29, 0.717) is 5.92 Å². The Balaban J connectivity index is 1.64. The van der Waals surface area contributed by atoms with Gasteiger partial charge in [-0.2, -0.15) is 0 Å². The first-order valence-electron chi connectivity index (χ1n) is 7.09. The molecule has 0 amide bonds. The second kappa shape index (κ2) is 5.57. The molecule has 0 spiro atoms. The predicted octanol–water partition coefficient (Wildman–Crippen LogP) is 3.20. The first-order valence-corrected chi connectivity index (χ1v) is 7.09. The van der Waals surface area contributed by atoms with Gasteiger partial charge in [-0.15, -0.1) is 0 Å². The molecule has 2 unspecified atom stereocenters. The Bertz CT molecular complexity index is 555. The van der Waals surface area contributed by atoms with Crippen molar-refractivity contribution in [3.63, 3.8) is 0 Å². The first kappa shape index (κ1) is 12.4. The van der Waals surface area contributed by atoms with E-state index in [1.807, 2.05) is 24.3 Å². The number of aliphatic hydroxyl groups is 1. The summed E-state index contributed by atoms with van der Waals surface area (Å²) in [7, 11) is 0. The van der Waals surface area contributed by atoms with E-state index >= 15 is 0 Å². The highest BCUT2D eigenvalue weighted by molar-refractivity contribution is 5.79. The van der Waals surface area contributed by atoms with Gasteiger partial charge in [0.15, 0.2) is 0 Å². The van der Waals surface area contributed by atoms with Crippen LogP contribution in [0.1, 0.15) is 25.7 Å². The van der Waals surface area contributed by atoms with Crippen molar-refractivity contribution in [3.8, 4) is 0 Å². The second-order valence-corrected chi connectivity index (χ2v) is 5.46. The number of hydrogen-bond acceptors (Lipinski definition) is 3. The van der Waals surface area contributed by atoms with E-state index in [2.05, 4.69) is 22.4 Å². The fourth-order valence-corrected chi connectivity index (χ4v) is 2.86. The van der Waals surface area contributed by atoms with Gasteiger partial charge >= 0.3 is 0 Å². The quantitative estimate of drug-likeness (QED) is 0.886. The number of aliphatic hydroxyl groups excluding tert-OH is 1. The highest BCUT2D eigenvalue weighted by Crippen LogP contribution is 2.24. The molecule has 3 rings (SSSR count). The Labute approximate surface area is 113 Å². The standard InChI is InChI=1S/C16H20N2O/c19-14-6-3-4-12(10-14)11-17-16-9-8-13-5-1-2-7-15(13)18-16/h1-2,5,7-9,12,14,19H,3-4,6,10-11H2,(H,17,18). The summed E-state index contributed by atoms with van der Waals surface area (Å²) in [5.74, 6) is 1.50. The molecule has 1 aliphatic carbocycles. The Morgan fingerprint density at radius 3 is 2.95 bits per heavy atom. The van der Waals surface area contributed by atoms with Crippen LogP contribution < -0.4 is 5.32 Å². The second-order valence-electron chi connectivity index (χ2n) is 5.46. The predicted molar refractivity (Wildman–Crippen MR) is 78.2 cm³/mol. The van der Waals surface area contributed by atoms with Gasteiger partial charge in [-0.05, 0) is 43.4 Å². The van der Waals surface area contributed by atoms with Gasteiger partial charge in [0, 0.05) is 11.9 Å². The lowest BCUT2D eigenvalue weighted by molar-refractivity contribution is 0.104. The number of para-hydroxylation sites is 1. The largest absolute Gasteiger partial charge is 0.393 e. The third-order valence-electron chi connectivity index (χ3n) is 3.93. The molecule has 0 aliphatic heterocycles. The Morgan fingerprint density at radius 2 is 2.05 bits per heavy atom. The number of hydrogen-bond donors (Lipinski definition) is 2. The van der Waals surface area contributed by atoms with Crippen molar-refractivity contribution in [1.29, 1.82) is 0 Å². The number of nitrogens with zero attached hydrogens (tertiary/aromatic N) is 1. The average molecular weight is 256 g/mol. The maximum atomic E-state index is 9.67. The summed E-state index contributed by atoms with van der Waals surface area (Å²) >= 11 is 0. The van der Waals surface area contributed by atoms with Gasteiger partial charge in [0.05, 0.1) is 11.6 Å². The molecule has 19 heavy (non-hydrogen) atoms. The molecule has 1 aromatic carbocycles. The van der Waals surface area contributed by atoms with E-state index in [-0.39, 0.29) is 6.10 Å². The number of rotatable bonds is 3. The third kappa shape index (κ3) is 3.04. The fourth-order valence-electron chi connectivity index (χ4n) is 2.86. The number of benzene rings is 1. The van der Waals surface area contributed by atoms with E-state index in [0.717, 1.165) is 37.1 Å². The number of aromatic nitrogens is 1. The van der Waals surface area contributed by atoms with Crippen LogP contribution in [0, 0.1) is 5.92 Å². The summed E-state index contributed by atoms with van der Waals surface area (Å²) in [6.07, 6.45) is 4.12. The summed E-state index contributed by atoms with van der Waals surface area (Å²) in [5.41, 5.74) is 1.02. The van der Waals surface area contributed by atoms with Gasteiger partial charge in [-0.3, -0.25) is 0 Å². The summed E-state index contributed by atoms with van der Waals surface area (Å²) < 4.78 is 0. The molecular weight excluding hydrogens is 236 g/mol. The molecule has 0 saturated heterocycles.